The van der Waals surface area contributed by atoms with Gasteiger partial charge in [-0.1, -0.05) is 13.8 Å². The predicted octanol–water partition coefficient (Wildman–Crippen LogP) is -1.34. The van der Waals surface area contributed by atoms with Crippen molar-refractivity contribution in [3.63, 3.8) is 0 Å². The average molecular weight is 505 g/mol. The molecule has 0 radical (unpaired) electrons. The van der Waals surface area contributed by atoms with E-state index in [2.05, 4.69) is 16.0 Å². The summed E-state index contributed by atoms with van der Waals surface area (Å²) in [5.74, 6) is -3.40. The number of carbonyl (C=O) groups is 5. The number of unbranched alkanes of at least 4 members (excludes halogenated alkanes) is 1. The van der Waals surface area contributed by atoms with Crippen molar-refractivity contribution in [2.45, 2.75) is 76.5 Å². The second-order valence-corrected chi connectivity index (χ2v) is 9.35. The maximum absolute atomic E-state index is 13.0. The summed E-state index contributed by atoms with van der Waals surface area (Å²) in [5, 5.41) is 17.1. The molecule has 0 rings (SSSR count). The van der Waals surface area contributed by atoms with Gasteiger partial charge in [0.2, 0.25) is 23.6 Å². The van der Waals surface area contributed by atoms with Gasteiger partial charge in [0.25, 0.3) is 0 Å². The van der Waals surface area contributed by atoms with Crippen LogP contribution in [-0.4, -0.2) is 77.4 Å². The van der Waals surface area contributed by atoms with Gasteiger partial charge in [0.1, 0.15) is 18.1 Å². The van der Waals surface area contributed by atoms with Gasteiger partial charge in [0.05, 0.1) is 6.04 Å². The number of carbonyl (C=O) groups excluding carboxylic acids is 4. The number of aliphatic carboxylic acids is 1. The van der Waals surface area contributed by atoms with Gasteiger partial charge in [-0.05, 0) is 56.6 Å². The summed E-state index contributed by atoms with van der Waals surface area (Å²) in [4.78, 5) is 60.7. The summed E-state index contributed by atoms with van der Waals surface area (Å²) >= 11 is 1.46. The summed E-state index contributed by atoms with van der Waals surface area (Å²) in [5.41, 5.74) is 16.4. The third-order valence-electron chi connectivity index (χ3n) is 5.09. The average Bonchev–Trinajstić information content (AvgIpc) is 2.76. The fraction of sp³-hybridized carbons (Fsp3) is 0.762. The van der Waals surface area contributed by atoms with Crippen LogP contribution < -0.4 is 33.2 Å². The van der Waals surface area contributed by atoms with Crippen LogP contribution in [0.2, 0.25) is 0 Å². The van der Waals surface area contributed by atoms with E-state index in [9.17, 15) is 29.1 Å². The fourth-order valence-corrected chi connectivity index (χ4v) is 3.48. The van der Waals surface area contributed by atoms with Crippen molar-refractivity contribution in [3.8, 4) is 0 Å². The van der Waals surface area contributed by atoms with Crippen molar-refractivity contribution in [1.82, 2.24) is 16.0 Å². The van der Waals surface area contributed by atoms with E-state index in [1.54, 1.807) is 13.8 Å². The minimum absolute atomic E-state index is 0.0321. The molecule has 0 saturated carbocycles. The maximum Gasteiger partial charge on any atom is 0.326 e. The van der Waals surface area contributed by atoms with Crippen LogP contribution in [0.5, 0.6) is 0 Å². The number of nitrogens with one attached hydrogen (secondary N) is 3. The van der Waals surface area contributed by atoms with Crippen LogP contribution in [0.1, 0.15) is 52.4 Å². The Balaban J connectivity index is 5.37. The zero-order valence-electron chi connectivity index (χ0n) is 20.2. The number of thioether (sulfide) groups is 1. The van der Waals surface area contributed by atoms with Crippen LogP contribution in [0, 0.1) is 5.92 Å². The number of primary amides is 1. The highest BCUT2D eigenvalue weighted by Crippen LogP contribution is 2.08. The molecule has 12 nitrogen and oxygen atoms in total. The number of carboxylic acids is 1. The lowest BCUT2D eigenvalue weighted by Crippen LogP contribution is -2.58. The van der Waals surface area contributed by atoms with Crippen molar-refractivity contribution < 1.29 is 29.1 Å². The number of rotatable bonds is 18. The Labute approximate surface area is 204 Å². The van der Waals surface area contributed by atoms with Crippen LogP contribution in [0.15, 0.2) is 0 Å². The van der Waals surface area contributed by atoms with Gasteiger partial charge in [0, 0.05) is 6.42 Å². The van der Waals surface area contributed by atoms with Crippen molar-refractivity contribution in [1.29, 1.82) is 0 Å². The molecule has 0 aliphatic heterocycles. The van der Waals surface area contributed by atoms with E-state index in [1.807, 2.05) is 6.26 Å². The van der Waals surface area contributed by atoms with E-state index in [-0.39, 0.29) is 31.6 Å². The Morgan fingerprint density at radius 2 is 1.50 bits per heavy atom. The molecule has 0 aromatic heterocycles. The second kappa shape index (κ2) is 17.1. The maximum atomic E-state index is 13.0. The van der Waals surface area contributed by atoms with Crippen LogP contribution >= 0.6 is 11.8 Å². The molecular formula is C21H40N6O6S. The topological polar surface area (TPSA) is 220 Å². The minimum Gasteiger partial charge on any atom is -0.480 e. The molecule has 0 aromatic rings. The predicted molar refractivity (Wildman–Crippen MR) is 131 cm³/mol. The van der Waals surface area contributed by atoms with Crippen molar-refractivity contribution in [3.05, 3.63) is 0 Å². The van der Waals surface area contributed by atoms with Gasteiger partial charge in [-0.3, -0.25) is 19.2 Å². The first-order valence-corrected chi connectivity index (χ1v) is 12.7. The number of carboxylic acid groups (broad SMARTS) is 1. The quantitative estimate of drug-likeness (QED) is 0.110. The zero-order chi connectivity index (χ0) is 26.3. The molecule has 0 aliphatic carbocycles. The molecular weight excluding hydrogens is 464 g/mol. The molecule has 0 aliphatic rings. The molecule has 4 unspecified atom stereocenters. The highest BCUT2D eigenvalue weighted by atomic mass is 32.2. The normalized spacial score (nSPS) is 14.5. The Hall–Kier alpha value is -2.38. The molecule has 0 bridgehead atoms. The van der Waals surface area contributed by atoms with Crippen LogP contribution in [0.25, 0.3) is 0 Å². The van der Waals surface area contributed by atoms with E-state index in [0.717, 1.165) is 0 Å². The van der Waals surface area contributed by atoms with E-state index in [1.165, 1.54) is 11.8 Å². The molecule has 0 fully saturated rings. The molecule has 0 heterocycles. The Kier molecular flexibility index (Phi) is 15.9. The van der Waals surface area contributed by atoms with E-state index >= 15 is 0 Å². The van der Waals surface area contributed by atoms with Gasteiger partial charge in [-0.25, -0.2) is 4.79 Å². The smallest absolute Gasteiger partial charge is 0.326 e. The van der Waals surface area contributed by atoms with Crippen molar-refractivity contribution in [2.24, 2.45) is 23.1 Å². The highest BCUT2D eigenvalue weighted by molar-refractivity contribution is 7.98. The molecule has 0 spiro atoms. The number of nitrogens with two attached hydrogens (primary N) is 3. The lowest BCUT2D eigenvalue weighted by Gasteiger charge is -2.27. The Morgan fingerprint density at radius 1 is 0.882 bits per heavy atom. The number of amides is 4. The summed E-state index contributed by atoms with van der Waals surface area (Å²) < 4.78 is 0. The zero-order valence-corrected chi connectivity index (χ0v) is 21.0. The lowest BCUT2D eigenvalue weighted by atomic mass is 10.0. The highest BCUT2D eigenvalue weighted by Gasteiger charge is 2.31. The largest absolute Gasteiger partial charge is 0.480 e. The van der Waals surface area contributed by atoms with Crippen LogP contribution in [0.3, 0.4) is 0 Å². The van der Waals surface area contributed by atoms with Gasteiger partial charge < -0.3 is 38.3 Å². The Morgan fingerprint density at radius 3 is 2.00 bits per heavy atom. The van der Waals surface area contributed by atoms with Crippen molar-refractivity contribution in [2.75, 3.05) is 18.6 Å². The molecule has 0 saturated heterocycles. The van der Waals surface area contributed by atoms with Gasteiger partial charge >= 0.3 is 5.97 Å². The summed E-state index contributed by atoms with van der Waals surface area (Å²) in [6, 6.07) is -4.11. The van der Waals surface area contributed by atoms with Gasteiger partial charge in [-0.15, -0.1) is 0 Å². The Bertz CT molecular complexity index is 693. The van der Waals surface area contributed by atoms with Crippen LogP contribution in [0.4, 0.5) is 0 Å². The minimum atomic E-state index is -1.16. The molecule has 4 amide bonds. The monoisotopic (exact) mass is 504 g/mol. The SMILES string of the molecule is CSCCC(NC(=O)C(CCCCN)NC(=O)C(NC(=O)C(N)CCC(N)=O)C(C)C)C(=O)O. The third kappa shape index (κ3) is 12.8. The molecule has 4 atom stereocenters. The number of hydrogen-bond donors (Lipinski definition) is 7. The second-order valence-electron chi connectivity index (χ2n) is 8.37. The first-order valence-electron chi connectivity index (χ1n) is 11.3. The van der Waals surface area contributed by atoms with E-state index in [4.69, 9.17) is 17.2 Å². The van der Waals surface area contributed by atoms with Crippen molar-refractivity contribution >= 4 is 41.4 Å². The van der Waals surface area contributed by atoms with Gasteiger partial charge in [-0.2, -0.15) is 11.8 Å². The van der Waals surface area contributed by atoms with Gasteiger partial charge in [0.15, 0.2) is 0 Å². The third-order valence-corrected chi connectivity index (χ3v) is 5.73. The first-order chi connectivity index (χ1) is 15.9. The molecule has 13 heteroatoms. The van der Waals surface area contributed by atoms with Crippen LogP contribution in [-0.2, 0) is 24.0 Å². The standard InChI is InChI=1S/C21H40N6O6S/c1-12(2)17(27-18(29)13(23)7-8-16(24)28)20(31)25-14(6-4-5-10-22)19(30)26-15(21(32)33)9-11-34-3/h12-15,17H,4-11,22-23H2,1-3H3,(H2,24,28)(H,25,31)(H,26,30)(H,27,29)(H,32,33). The summed E-state index contributed by atoms with van der Waals surface area (Å²) in [6.45, 7) is 3.83. The molecule has 34 heavy (non-hydrogen) atoms. The molecule has 196 valence electrons. The summed E-state index contributed by atoms with van der Waals surface area (Å²) in [7, 11) is 0. The lowest BCUT2D eigenvalue weighted by molar-refractivity contribution is -0.142. The summed E-state index contributed by atoms with van der Waals surface area (Å²) in [6.07, 6.45) is 3.43. The van der Waals surface area contributed by atoms with E-state index in [0.29, 0.717) is 25.1 Å². The molecule has 0 aromatic carbocycles. The fourth-order valence-electron chi connectivity index (χ4n) is 3.01. The molecule has 10 N–H and O–H groups in total. The van der Waals surface area contributed by atoms with E-state index < -0.39 is 53.8 Å². The first kappa shape index (κ1) is 31.6. The number of hydrogen-bond acceptors (Lipinski definition) is 8.